The summed E-state index contributed by atoms with van der Waals surface area (Å²) in [6.07, 6.45) is 3.66. The van der Waals surface area contributed by atoms with Crippen LogP contribution in [0.3, 0.4) is 0 Å². The van der Waals surface area contributed by atoms with Gasteiger partial charge in [0.25, 0.3) is 0 Å². The molecule has 1 aliphatic rings. The summed E-state index contributed by atoms with van der Waals surface area (Å²) in [5.41, 5.74) is 0. The number of aromatic nitrogens is 1. The van der Waals surface area contributed by atoms with Crippen LogP contribution in [0.5, 0.6) is 0 Å². The predicted octanol–water partition coefficient (Wildman–Crippen LogP) is 3.83. The molecule has 0 aliphatic carbocycles. The molecule has 3 rings (SSSR count). The van der Waals surface area contributed by atoms with Crippen molar-refractivity contribution in [2.45, 2.75) is 12.5 Å². The van der Waals surface area contributed by atoms with Crippen LogP contribution in [-0.2, 0) is 0 Å². The second kappa shape index (κ2) is 5.34. The van der Waals surface area contributed by atoms with E-state index in [9.17, 15) is 10.1 Å². The van der Waals surface area contributed by atoms with Gasteiger partial charge in [0.05, 0.1) is 16.1 Å². The Hall–Kier alpha value is -2.12. The molecular weight excluding hydrogens is 319 g/mol. The molecule has 0 saturated carbocycles. The van der Waals surface area contributed by atoms with Gasteiger partial charge in [-0.25, -0.2) is 9.99 Å². The minimum Gasteiger partial charge on any atom is -0.404 e. The Kier molecular flexibility index (Phi) is 3.52. The fraction of sp³-hybridized carbons (Fsp3) is 0.167. The SMILES string of the molecule is O=[N+]([O-])c1ccc(C2CC=NN2c2cc(Cl)c(Cl)cn2)o1. The Morgan fingerprint density at radius 1 is 1.38 bits per heavy atom. The summed E-state index contributed by atoms with van der Waals surface area (Å²) in [5.74, 6) is 0.619. The van der Waals surface area contributed by atoms with E-state index < -0.39 is 4.92 Å². The van der Waals surface area contributed by atoms with Gasteiger partial charge in [-0.3, -0.25) is 10.1 Å². The lowest BCUT2D eigenvalue weighted by Crippen LogP contribution is -2.19. The highest BCUT2D eigenvalue weighted by Crippen LogP contribution is 2.36. The first kappa shape index (κ1) is 13.8. The Balaban J connectivity index is 1.92. The predicted molar refractivity (Wildman–Crippen MR) is 77.9 cm³/mol. The Morgan fingerprint density at radius 2 is 2.19 bits per heavy atom. The fourth-order valence-corrected chi connectivity index (χ4v) is 2.27. The largest absolute Gasteiger partial charge is 0.433 e. The number of hydrogen-bond acceptors (Lipinski definition) is 6. The third-order valence-corrected chi connectivity index (χ3v) is 3.69. The molecule has 1 aliphatic heterocycles. The lowest BCUT2D eigenvalue weighted by molar-refractivity contribution is -0.402. The number of pyridine rings is 1. The smallest absolute Gasteiger partial charge is 0.404 e. The van der Waals surface area contributed by atoms with Crippen LogP contribution in [-0.4, -0.2) is 16.1 Å². The molecule has 3 heterocycles. The van der Waals surface area contributed by atoms with Crippen LogP contribution >= 0.6 is 23.2 Å². The van der Waals surface area contributed by atoms with Crippen molar-refractivity contribution in [1.82, 2.24) is 4.98 Å². The van der Waals surface area contributed by atoms with Gasteiger partial charge in [0, 0.05) is 24.9 Å². The minimum atomic E-state index is -0.582. The normalized spacial score (nSPS) is 17.4. The second-order valence-electron chi connectivity index (χ2n) is 4.28. The van der Waals surface area contributed by atoms with Gasteiger partial charge < -0.3 is 4.42 Å². The number of furan rings is 1. The van der Waals surface area contributed by atoms with E-state index in [2.05, 4.69) is 10.1 Å². The van der Waals surface area contributed by atoms with Crippen molar-refractivity contribution in [3.05, 3.63) is 50.3 Å². The zero-order chi connectivity index (χ0) is 15.0. The molecule has 108 valence electrons. The van der Waals surface area contributed by atoms with Crippen LogP contribution in [0.1, 0.15) is 18.2 Å². The van der Waals surface area contributed by atoms with E-state index in [1.54, 1.807) is 23.4 Å². The van der Waals surface area contributed by atoms with Crippen molar-refractivity contribution >= 4 is 41.1 Å². The number of anilines is 1. The number of halogens is 2. The molecule has 0 radical (unpaired) electrons. The van der Waals surface area contributed by atoms with Gasteiger partial charge in [0.1, 0.15) is 16.7 Å². The van der Waals surface area contributed by atoms with Gasteiger partial charge >= 0.3 is 5.88 Å². The van der Waals surface area contributed by atoms with E-state index in [4.69, 9.17) is 27.6 Å². The van der Waals surface area contributed by atoms with Gasteiger partial charge in [-0.1, -0.05) is 23.2 Å². The quantitative estimate of drug-likeness (QED) is 0.632. The fourth-order valence-electron chi connectivity index (χ4n) is 2.02. The summed E-state index contributed by atoms with van der Waals surface area (Å²) in [4.78, 5) is 14.3. The Bertz CT molecular complexity index is 731. The van der Waals surface area contributed by atoms with E-state index >= 15 is 0 Å². The highest BCUT2D eigenvalue weighted by Gasteiger charge is 2.29. The molecule has 0 bridgehead atoms. The van der Waals surface area contributed by atoms with Crippen LogP contribution in [0.25, 0.3) is 0 Å². The van der Waals surface area contributed by atoms with Crippen LogP contribution in [0.15, 0.2) is 33.9 Å². The van der Waals surface area contributed by atoms with Crippen LogP contribution in [0.2, 0.25) is 10.0 Å². The molecule has 21 heavy (non-hydrogen) atoms. The number of rotatable bonds is 3. The van der Waals surface area contributed by atoms with Gasteiger partial charge in [-0.05, 0) is 6.07 Å². The molecule has 2 aromatic heterocycles. The number of hydrazone groups is 1. The third kappa shape index (κ3) is 2.57. The lowest BCUT2D eigenvalue weighted by atomic mass is 10.2. The standard InChI is InChI=1S/C12H8Cl2N4O3/c13-7-5-11(15-6-8(7)14)17-9(3-4-16-17)10-1-2-12(21-10)18(19)20/h1-2,4-6,9H,3H2. The summed E-state index contributed by atoms with van der Waals surface area (Å²) >= 11 is 11.8. The maximum absolute atomic E-state index is 10.7. The Labute approximate surface area is 128 Å². The van der Waals surface area contributed by atoms with Gasteiger partial charge in [0.2, 0.25) is 0 Å². The molecule has 0 saturated heterocycles. The minimum absolute atomic E-state index is 0.302. The maximum atomic E-state index is 10.7. The molecule has 7 nitrogen and oxygen atoms in total. The van der Waals surface area contributed by atoms with E-state index in [1.807, 2.05) is 0 Å². The molecule has 0 spiro atoms. The van der Waals surface area contributed by atoms with Crippen molar-refractivity contribution in [2.75, 3.05) is 5.01 Å². The molecule has 1 atom stereocenters. The van der Waals surface area contributed by atoms with Crippen molar-refractivity contribution in [3.8, 4) is 0 Å². The van der Waals surface area contributed by atoms with E-state index in [0.29, 0.717) is 28.0 Å². The van der Waals surface area contributed by atoms with Gasteiger partial charge in [0.15, 0.2) is 5.82 Å². The number of hydrogen-bond donors (Lipinski definition) is 0. The summed E-state index contributed by atoms with van der Waals surface area (Å²) in [5, 5.41) is 17.2. The third-order valence-electron chi connectivity index (χ3n) is 2.98. The zero-order valence-electron chi connectivity index (χ0n) is 10.4. The lowest BCUT2D eigenvalue weighted by Gasteiger charge is -2.20. The Morgan fingerprint density at radius 3 is 2.86 bits per heavy atom. The van der Waals surface area contributed by atoms with Crippen molar-refractivity contribution in [2.24, 2.45) is 5.10 Å². The van der Waals surface area contributed by atoms with Crippen LogP contribution in [0.4, 0.5) is 11.7 Å². The summed E-state index contributed by atoms with van der Waals surface area (Å²) in [6.45, 7) is 0. The molecular formula is C12H8Cl2N4O3. The molecule has 0 fully saturated rings. The van der Waals surface area contributed by atoms with Crippen LogP contribution < -0.4 is 5.01 Å². The van der Waals surface area contributed by atoms with Crippen molar-refractivity contribution in [1.29, 1.82) is 0 Å². The topological polar surface area (TPSA) is 84.8 Å². The molecule has 2 aromatic rings. The molecule has 0 aromatic carbocycles. The molecule has 0 amide bonds. The highest BCUT2D eigenvalue weighted by atomic mass is 35.5. The maximum Gasteiger partial charge on any atom is 0.433 e. The van der Waals surface area contributed by atoms with E-state index in [-0.39, 0.29) is 11.9 Å². The first-order valence-corrected chi connectivity index (χ1v) is 6.68. The van der Waals surface area contributed by atoms with Gasteiger partial charge in [-0.2, -0.15) is 5.10 Å². The van der Waals surface area contributed by atoms with E-state index in [0.717, 1.165) is 0 Å². The summed E-state index contributed by atoms with van der Waals surface area (Å²) in [6, 6.07) is 4.15. The van der Waals surface area contributed by atoms with Crippen molar-refractivity contribution in [3.63, 3.8) is 0 Å². The first-order valence-electron chi connectivity index (χ1n) is 5.93. The zero-order valence-corrected chi connectivity index (χ0v) is 12.0. The van der Waals surface area contributed by atoms with Crippen molar-refractivity contribution < 1.29 is 9.34 Å². The average Bonchev–Trinajstić information content (AvgIpc) is 3.09. The highest BCUT2D eigenvalue weighted by molar-refractivity contribution is 6.42. The number of nitrogens with zero attached hydrogens (tertiary/aromatic N) is 4. The number of nitro groups is 1. The monoisotopic (exact) mass is 326 g/mol. The van der Waals surface area contributed by atoms with E-state index in [1.165, 1.54) is 12.3 Å². The second-order valence-corrected chi connectivity index (χ2v) is 5.10. The summed E-state index contributed by atoms with van der Waals surface area (Å²) < 4.78 is 5.23. The average molecular weight is 327 g/mol. The van der Waals surface area contributed by atoms with Gasteiger partial charge in [-0.15, -0.1) is 0 Å². The van der Waals surface area contributed by atoms with Crippen LogP contribution in [0, 0.1) is 10.1 Å². The molecule has 0 N–H and O–H groups in total. The molecule has 9 heteroatoms. The summed E-state index contributed by atoms with van der Waals surface area (Å²) in [7, 11) is 0. The molecule has 1 unspecified atom stereocenters. The first-order chi connectivity index (χ1) is 10.1.